The zero-order chi connectivity index (χ0) is 24.2. The third-order valence-electron chi connectivity index (χ3n) is 7.47. The zero-order valence-corrected chi connectivity index (χ0v) is 19.5. The highest BCUT2D eigenvalue weighted by molar-refractivity contribution is 6.05. The van der Waals surface area contributed by atoms with E-state index in [1.165, 1.54) is 12.3 Å². The van der Waals surface area contributed by atoms with Crippen LogP contribution in [0.1, 0.15) is 60.7 Å². The quantitative estimate of drug-likeness (QED) is 0.332. The van der Waals surface area contributed by atoms with Crippen molar-refractivity contribution >= 4 is 22.5 Å². The van der Waals surface area contributed by atoms with Gasteiger partial charge in [-0.3, -0.25) is 9.48 Å². The monoisotopic (exact) mass is 473 g/mol. The molecule has 2 saturated carbocycles. The number of nitrogens with one attached hydrogen (secondary N) is 1. The molecule has 0 bridgehead atoms. The van der Waals surface area contributed by atoms with Gasteiger partial charge in [0.15, 0.2) is 5.69 Å². The van der Waals surface area contributed by atoms with E-state index in [1.807, 2.05) is 23.0 Å². The Balaban J connectivity index is 1.33. The van der Waals surface area contributed by atoms with Gasteiger partial charge in [0.2, 0.25) is 5.89 Å². The number of carbonyl (C=O) groups is 1. The fourth-order valence-corrected chi connectivity index (χ4v) is 5.27. The Labute approximate surface area is 202 Å². The molecule has 180 valence electrons. The Bertz CT molecular complexity index is 1400. The topological polar surface area (TPSA) is 120 Å². The number of carbonyl (C=O) groups excluding carboxylic acids is 1. The summed E-state index contributed by atoms with van der Waals surface area (Å²) >= 11 is 0. The molecule has 1 aromatic carbocycles. The van der Waals surface area contributed by atoms with E-state index in [2.05, 4.69) is 10.3 Å². The number of oxazole rings is 1. The molecule has 2 fully saturated rings. The number of aryl methyl sites for hydroxylation is 1. The average Bonchev–Trinajstić information content (AvgIpc) is 3.42. The number of benzene rings is 1. The van der Waals surface area contributed by atoms with Crippen LogP contribution in [0.15, 0.2) is 53.4 Å². The molecule has 1 amide bonds. The first-order chi connectivity index (χ1) is 16.9. The first-order valence-corrected chi connectivity index (χ1v) is 12.1. The van der Waals surface area contributed by atoms with Crippen LogP contribution < -0.4 is 10.0 Å². The number of anilines is 1. The molecule has 2 aliphatic rings. The molecule has 0 spiro atoms. The van der Waals surface area contributed by atoms with E-state index >= 15 is 0 Å². The number of aliphatic hydroxyl groups is 1. The Morgan fingerprint density at radius 2 is 2.06 bits per heavy atom. The number of hydrogen-bond donors (Lipinski definition) is 2. The van der Waals surface area contributed by atoms with Crippen LogP contribution in [0.2, 0.25) is 0 Å². The van der Waals surface area contributed by atoms with Gasteiger partial charge in [0.25, 0.3) is 5.69 Å². The predicted octanol–water partition coefficient (Wildman–Crippen LogP) is 4.14. The van der Waals surface area contributed by atoms with Gasteiger partial charge in [-0.1, -0.05) is 0 Å². The Hall–Kier alpha value is -3.72. The largest absolute Gasteiger partial charge is 0.618 e. The molecular formula is C26H27N5O4. The van der Waals surface area contributed by atoms with Gasteiger partial charge in [-0.15, -0.1) is 0 Å². The van der Waals surface area contributed by atoms with Crippen molar-refractivity contribution in [2.75, 3.05) is 5.32 Å². The molecular weight excluding hydrogens is 446 g/mol. The van der Waals surface area contributed by atoms with Crippen LogP contribution in [-0.2, 0) is 0 Å². The number of hydrogen-bond acceptors (Lipinski definition) is 6. The van der Waals surface area contributed by atoms with Gasteiger partial charge < -0.3 is 20.0 Å². The molecule has 2 aliphatic carbocycles. The van der Waals surface area contributed by atoms with Crippen LogP contribution in [-0.4, -0.2) is 31.4 Å². The van der Waals surface area contributed by atoms with Gasteiger partial charge >= 0.3 is 5.91 Å². The van der Waals surface area contributed by atoms with Crippen molar-refractivity contribution < 1.29 is 19.0 Å². The molecule has 0 aliphatic heterocycles. The third kappa shape index (κ3) is 3.95. The first-order valence-electron chi connectivity index (χ1n) is 12.1. The number of amides is 1. The number of nitrogens with zero attached hydrogens (tertiary/aromatic N) is 4. The van der Waals surface area contributed by atoms with Crippen molar-refractivity contribution in [3.63, 3.8) is 0 Å². The minimum absolute atomic E-state index is 0.00417. The molecule has 35 heavy (non-hydrogen) atoms. The lowest BCUT2D eigenvalue weighted by Crippen LogP contribution is -2.39. The van der Waals surface area contributed by atoms with E-state index in [9.17, 15) is 15.1 Å². The maximum absolute atomic E-state index is 13.0. The van der Waals surface area contributed by atoms with Crippen LogP contribution in [0.3, 0.4) is 0 Å². The highest BCUT2D eigenvalue weighted by Crippen LogP contribution is 2.49. The lowest BCUT2D eigenvalue weighted by Gasteiger charge is -2.36. The minimum atomic E-state index is -0.519. The lowest BCUT2D eigenvalue weighted by atomic mass is 9.79. The summed E-state index contributed by atoms with van der Waals surface area (Å²) in [4.78, 5) is 17.2. The fraction of sp³-hybridized carbons (Fsp3) is 0.385. The standard InChI is InChI=1S/C26H27N5O4/c1-16-3-2-4-23(31(16)34)24(32)28-22-13-17-15-30(19-7-9-26(33,10-8-19)18-5-6-18)29-21(17)14-20(22)25-27-11-12-35-25/h2-4,11-15,18-19,33H,5-10H2,1H3,(H,28,32). The van der Waals surface area contributed by atoms with Crippen LogP contribution in [0.5, 0.6) is 0 Å². The number of rotatable bonds is 5. The summed E-state index contributed by atoms with van der Waals surface area (Å²) in [5, 5.41) is 31.8. The first kappa shape index (κ1) is 21.8. The van der Waals surface area contributed by atoms with Crippen molar-refractivity contribution in [2.24, 2.45) is 5.92 Å². The third-order valence-corrected chi connectivity index (χ3v) is 7.47. The van der Waals surface area contributed by atoms with Gasteiger partial charge in [0.05, 0.1) is 34.6 Å². The summed E-state index contributed by atoms with van der Waals surface area (Å²) in [6, 6.07) is 8.72. The second-order valence-corrected chi connectivity index (χ2v) is 9.81. The maximum Gasteiger partial charge on any atom is 0.321 e. The minimum Gasteiger partial charge on any atom is -0.618 e. The summed E-state index contributed by atoms with van der Waals surface area (Å²) in [6.45, 7) is 1.65. The van der Waals surface area contributed by atoms with Gasteiger partial charge in [0, 0.05) is 30.6 Å². The van der Waals surface area contributed by atoms with Crippen molar-refractivity contribution in [1.82, 2.24) is 14.8 Å². The Morgan fingerprint density at radius 1 is 1.26 bits per heavy atom. The normalized spacial score (nSPS) is 22.4. The Kier molecular flexibility index (Phi) is 5.10. The van der Waals surface area contributed by atoms with Gasteiger partial charge in [-0.05, 0) is 62.6 Å². The van der Waals surface area contributed by atoms with E-state index in [0.717, 1.165) is 49.4 Å². The number of pyridine rings is 1. The van der Waals surface area contributed by atoms with Crippen molar-refractivity contribution in [2.45, 2.75) is 57.1 Å². The van der Waals surface area contributed by atoms with E-state index < -0.39 is 11.5 Å². The van der Waals surface area contributed by atoms with Crippen LogP contribution >= 0.6 is 0 Å². The van der Waals surface area contributed by atoms with E-state index in [0.29, 0.717) is 33.5 Å². The summed E-state index contributed by atoms with van der Waals surface area (Å²) in [7, 11) is 0. The van der Waals surface area contributed by atoms with Crippen LogP contribution in [0.4, 0.5) is 5.69 Å². The smallest absolute Gasteiger partial charge is 0.321 e. The van der Waals surface area contributed by atoms with E-state index in [-0.39, 0.29) is 11.7 Å². The highest BCUT2D eigenvalue weighted by Gasteiger charge is 2.45. The molecule has 4 aromatic rings. The molecule has 0 atom stereocenters. The van der Waals surface area contributed by atoms with Gasteiger partial charge in [-0.2, -0.15) is 9.83 Å². The zero-order valence-electron chi connectivity index (χ0n) is 19.5. The SMILES string of the molecule is Cc1cccc(C(=O)Nc2cc3cn(C4CCC(O)(C5CC5)CC4)nc3cc2-c2ncco2)[n+]1[O-]. The van der Waals surface area contributed by atoms with Crippen molar-refractivity contribution in [1.29, 1.82) is 0 Å². The van der Waals surface area contributed by atoms with Gasteiger partial charge in [0.1, 0.15) is 6.26 Å². The molecule has 0 unspecified atom stereocenters. The fourth-order valence-electron chi connectivity index (χ4n) is 5.27. The Morgan fingerprint density at radius 3 is 2.77 bits per heavy atom. The molecule has 3 aromatic heterocycles. The van der Waals surface area contributed by atoms with E-state index in [4.69, 9.17) is 9.52 Å². The molecule has 0 radical (unpaired) electrons. The number of aromatic nitrogens is 4. The highest BCUT2D eigenvalue weighted by atomic mass is 16.5. The molecule has 3 heterocycles. The summed E-state index contributed by atoms with van der Waals surface area (Å²) in [5.74, 6) is 0.300. The van der Waals surface area contributed by atoms with Gasteiger partial charge in [-0.25, -0.2) is 4.98 Å². The molecule has 0 saturated heterocycles. The second kappa shape index (κ2) is 8.20. The average molecular weight is 474 g/mol. The maximum atomic E-state index is 13.0. The summed E-state index contributed by atoms with van der Waals surface area (Å²) < 4.78 is 8.12. The predicted molar refractivity (Wildman–Crippen MR) is 129 cm³/mol. The number of fused-ring (bicyclic) bond motifs is 1. The summed E-state index contributed by atoms with van der Waals surface area (Å²) in [5.41, 5.74) is 1.75. The van der Waals surface area contributed by atoms with Crippen molar-refractivity contribution in [3.8, 4) is 11.5 Å². The molecule has 6 rings (SSSR count). The van der Waals surface area contributed by atoms with Crippen LogP contribution in [0, 0.1) is 18.0 Å². The molecule has 9 heteroatoms. The lowest BCUT2D eigenvalue weighted by molar-refractivity contribution is -0.614. The summed E-state index contributed by atoms with van der Waals surface area (Å²) in [6.07, 6.45) is 10.6. The molecule has 9 nitrogen and oxygen atoms in total. The van der Waals surface area contributed by atoms with Crippen LogP contribution in [0.25, 0.3) is 22.4 Å². The second-order valence-electron chi connectivity index (χ2n) is 9.81. The van der Waals surface area contributed by atoms with Crippen molar-refractivity contribution in [3.05, 3.63) is 65.6 Å². The van der Waals surface area contributed by atoms with E-state index in [1.54, 1.807) is 25.3 Å². The molecule has 2 N–H and O–H groups in total.